The number of hydrogen-bond acceptors (Lipinski definition) is 2. The Bertz CT molecular complexity index is 920. The number of rotatable bonds is 5. The molecular formula is C22H18ClNO2. The Morgan fingerprint density at radius 3 is 1.96 bits per heavy atom. The van der Waals surface area contributed by atoms with E-state index in [2.05, 4.69) is 0 Å². The molecule has 0 aromatic heterocycles. The van der Waals surface area contributed by atoms with Crippen LogP contribution in [-0.2, 0) is 6.54 Å². The lowest BCUT2D eigenvalue weighted by atomic mass is 10.0. The molecule has 0 aliphatic carbocycles. The Hall–Kier alpha value is -2.91. The molecule has 0 atom stereocenters. The summed E-state index contributed by atoms with van der Waals surface area (Å²) in [5.41, 5.74) is 2.61. The standard InChI is InChI=1S/C22H18ClNO2/c1-24(15-19-9-5-6-10-20(19)23)22(26)18-13-11-17(12-14-18)21(25)16-7-3-2-4-8-16/h2-14H,15H2,1H3. The van der Waals surface area contributed by atoms with Crippen LogP contribution in [-0.4, -0.2) is 23.6 Å². The summed E-state index contributed by atoms with van der Waals surface area (Å²) in [6.07, 6.45) is 0. The number of halogens is 1. The van der Waals surface area contributed by atoms with Gasteiger partial charge in [-0.05, 0) is 23.8 Å². The summed E-state index contributed by atoms with van der Waals surface area (Å²) in [5.74, 6) is -0.183. The molecule has 130 valence electrons. The largest absolute Gasteiger partial charge is 0.337 e. The molecule has 3 aromatic rings. The van der Waals surface area contributed by atoms with Gasteiger partial charge in [-0.2, -0.15) is 0 Å². The molecular weight excluding hydrogens is 346 g/mol. The lowest BCUT2D eigenvalue weighted by Crippen LogP contribution is -2.26. The highest BCUT2D eigenvalue weighted by atomic mass is 35.5. The molecule has 0 radical (unpaired) electrons. The van der Waals surface area contributed by atoms with Gasteiger partial charge in [-0.3, -0.25) is 9.59 Å². The molecule has 3 nitrogen and oxygen atoms in total. The van der Waals surface area contributed by atoms with Gasteiger partial charge in [0.2, 0.25) is 0 Å². The fraction of sp³-hybridized carbons (Fsp3) is 0.0909. The number of ketones is 1. The van der Waals surface area contributed by atoms with Gasteiger partial charge < -0.3 is 4.90 Å². The van der Waals surface area contributed by atoms with E-state index >= 15 is 0 Å². The van der Waals surface area contributed by atoms with E-state index in [9.17, 15) is 9.59 Å². The number of benzene rings is 3. The fourth-order valence-corrected chi connectivity index (χ4v) is 2.89. The molecule has 0 heterocycles. The van der Waals surface area contributed by atoms with E-state index < -0.39 is 0 Å². The Labute approximate surface area is 157 Å². The normalized spacial score (nSPS) is 10.4. The predicted octanol–water partition coefficient (Wildman–Crippen LogP) is 4.84. The maximum Gasteiger partial charge on any atom is 0.253 e. The van der Waals surface area contributed by atoms with Crippen molar-refractivity contribution in [2.75, 3.05) is 7.05 Å². The Balaban J connectivity index is 1.72. The summed E-state index contributed by atoms with van der Waals surface area (Å²) in [6.45, 7) is 0.420. The van der Waals surface area contributed by atoms with Gasteiger partial charge in [-0.15, -0.1) is 0 Å². The smallest absolute Gasteiger partial charge is 0.253 e. The molecule has 1 amide bonds. The number of carbonyl (C=O) groups is 2. The summed E-state index contributed by atoms with van der Waals surface area (Å²) in [6, 6.07) is 23.3. The van der Waals surface area contributed by atoms with Gasteiger partial charge in [-0.1, -0.05) is 72.3 Å². The van der Waals surface area contributed by atoms with Crippen LogP contribution < -0.4 is 0 Å². The molecule has 0 aliphatic rings. The van der Waals surface area contributed by atoms with Gasteiger partial charge in [0.25, 0.3) is 5.91 Å². The van der Waals surface area contributed by atoms with Crippen molar-refractivity contribution >= 4 is 23.3 Å². The van der Waals surface area contributed by atoms with Gasteiger partial charge in [0, 0.05) is 35.3 Å². The lowest BCUT2D eigenvalue weighted by molar-refractivity contribution is 0.0784. The lowest BCUT2D eigenvalue weighted by Gasteiger charge is -2.18. The highest BCUT2D eigenvalue weighted by Crippen LogP contribution is 2.18. The Morgan fingerprint density at radius 2 is 1.31 bits per heavy atom. The number of hydrogen-bond donors (Lipinski definition) is 0. The first-order valence-electron chi connectivity index (χ1n) is 8.25. The van der Waals surface area contributed by atoms with Crippen molar-refractivity contribution in [1.29, 1.82) is 0 Å². The summed E-state index contributed by atoms with van der Waals surface area (Å²) in [5, 5.41) is 0.635. The van der Waals surface area contributed by atoms with E-state index in [1.54, 1.807) is 54.4 Å². The monoisotopic (exact) mass is 363 g/mol. The van der Waals surface area contributed by atoms with E-state index in [0.717, 1.165) is 5.56 Å². The third-order valence-corrected chi connectivity index (χ3v) is 4.51. The minimum Gasteiger partial charge on any atom is -0.337 e. The zero-order chi connectivity index (χ0) is 18.5. The molecule has 3 aromatic carbocycles. The average Bonchev–Trinajstić information content (AvgIpc) is 2.69. The van der Waals surface area contributed by atoms with E-state index in [1.807, 2.05) is 36.4 Å². The highest BCUT2D eigenvalue weighted by Gasteiger charge is 2.15. The van der Waals surface area contributed by atoms with Crippen LogP contribution in [0.2, 0.25) is 5.02 Å². The van der Waals surface area contributed by atoms with Crippen LogP contribution in [0.4, 0.5) is 0 Å². The molecule has 0 N–H and O–H groups in total. The van der Waals surface area contributed by atoms with Crippen LogP contribution in [0.25, 0.3) is 0 Å². The van der Waals surface area contributed by atoms with Gasteiger partial charge in [0.1, 0.15) is 0 Å². The van der Waals surface area contributed by atoms with Crippen LogP contribution >= 0.6 is 11.6 Å². The number of carbonyl (C=O) groups excluding carboxylic acids is 2. The topological polar surface area (TPSA) is 37.4 Å². The Kier molecular flexibility index (Phi) is 5.49. The van der Waals surface area contributed by atoms with Crippen LogP contribution in [0.15, 0.2) is 78.9 Å². The van der Waals surface area contributed by atoms with Crippen LogP contribution in [0.5, 0.6) is 0 Å². The molecule has 26 heavy (non-hydrogen) atoms. The predicted molar refractivity (Wildman–Crippen MR) is 104 cm³/mol. The van der Waals surface area contributed by atoms with Crippen molar-refractivity contribution in [3.8, 4) is 0 Å². The first-order valence-corrected chi connectivity index (χ1v) is 8.63. The zero-order valence-electron chi connectivity index (χ0n) is 14.4. The molecule has 0 saturated heterocycles. The van der Waals surface area contributed by atoms with E-state index in [-0.39, 0.29) is 11.7 Å². The molecule has 0 spiro atoms. The minimum atomic E-state index is -0.122. The average molecular weight is 364 g/mol. The molecule has 3 rings (SSSR count). The molecule has 0 aliphatic heterocycles. The highest BCUT2D eigenvalue weighted by molar-refractivity contribution is 6.31. The van der Waals surface area contributed by atoms with Crippen LogP contribution in [0.1, 0.15) is 31.8 Å². The SMILES string of the molecule is CN(Cc1ccccc1Cl)C(=O)c1ccc(C(=O)c2ccccc2)cc1. The van der Waals surface area contributed by atoms with Gasteiger partial charge in [-0.25, -0.2) is 0 Å². The maximum atomic E-state index is 12.6. The number of nitrogens with zero attached hydrogens (tertiary/aromatic N) is 1. The second-order valence-electron chi connectivity index (χ2n) is 6.03. The zero-order valence-corrected chi connectivity index (χ0v) is 15.1. The second-order valence-corrected chi connectivity index (χ2v) is 6.43. The van der Waals surface area contributed by atoms with Crippen molar-refractivity contribution in [2.45, 2.75) is 6.54 Å². The van der Waals surface area contributed by atoms with Gasteiger partial charge in [0.05, 0.1) is 0 Å². The maximum absolute atomic E-state index is 12.6. The van der Waals surface area contributed by atoms with Crippen molar-refractivity contribution < 1.29 is 9.59 Å². The summed E-state index contributed by atoms with van der Waals surface area (Å²) in [7, 11) is 1.73. The second kappa shape index (κ2) is 7.98. The molecule has 0 bridgehead atoms. The van der Waals surface area contributed by atoms with Gasteiger partial charge >= 0.3 is 0 Å². The quantitative estimate of drug-likeness (QED) is 0.608. The number of amides is 1. The molecule has 0 saturated carbocycles. The third-order valence-electron chi connectivity index (χ3n) is 4.14. The first-order chi connectivity index (χ1) is 12.6. The minimum absolute atomic E-state index is 0.0611. The molecule has 4 heteroatoms. The summed E-state index contributed by atoms with van der Waals surface area (Å²) >= 11 is 6.16. The summed E-state index contributed by atoms with van der Waals surface area (Å²) < 4.78 is 0. The first kappa shape index (κ1) is 17.9. The Morgan fingerprint density at radius 1 is 0.769 bits per heavy atom. The van der Waals surface area contributed by atoms with Crippen LogP contribution in [0.3, 0.4) is 0 Å². The van der Waals surface area contributed by atoms with E-state index in [4.69, 9.17) is 11.6 Å². The third kappa shape index (κ3) is 4.01. The van der Waals surface area contributed by atoms with Gasteiger partial charge in [0.15, 0.2) is 5.78 Å². The van der Waals surface area contributed by atoms with Crippen molar-refractivity contribution in [3.63, 3.8) is 0 Å². The van der Waals surface area contributed by atoms with Crippen molar-refractivity contribution in [1.82, 2.24) is 4.90 Å². The van der Waals surface area contributed by atoms with Crippen LogP contribution in [0, 0.1) is 0 Å². The van der Waals surface area contributed by atoms with Crippen molar-refractivity contribution in [3.05, 3.63) is 106 Å². The van der Waals surface area contributed by atoms with Crippen molar-refractivity contribution in [2.24, 2.45) is 0 Å². The van der Waals surface area contributed by atoms with E-state index in [0.29, 0.717) is 28.3 Å². The molecule has 0 fully saturated rings. The fourth-order valence-electron chi connectivity index (χ4n) is 2.69. The molecule has 0 unspecified atom stereocenters. The van der Waals surface area contributed by atoms with E-state index in [1.165, 1.54) is 0 Å². The summed E-state index contributed by atoms with van der Waals surface area (Å²) in [4.78, 5) is 26.6.